The summed E-state index contributed by atoms with van der Waals surface area (Å²) in [7, 11) is 1.16. The number of rotatable bonds is 4. The summed E-state index contributed by atoms with van der Waals surface area (Å²) in [4.78, 5) is 0. The highest BCUT2D eigenvalue weighted by molar-refractivity contribution is 5.32. The minimum absolute atomic E-state index is 0.00469. The number of aliphatic hydroxyl groups excluding tert-OH is 1. The van der Waals surface area contributed by atoms with Crippen LogP contribution in [-0.4, -0.2) is 41.6 Å². The summed E-state index contributed by atoms with van der Waals surface area (Å²) in [6.45, 7) is 0. The summed E-state index contributed by atoms with van der Waals surface area (Å²) in [6.07, 6.45) is -4.88. The van der Waals surface area contributed by atoms with Crippen LogP contribution in [0, 0.1) is 0 Å². The molecule has 25 heavy (non-hydrogen) atoms. The van der Waals surface area contributed by atoms with Gasteiger partial charge in [0.15, 0.2) is 0 Å². The quantitative estimate of drug-likeness (QED) is 0.784. The van der Waals surface area contributed by atoms with Gasteiger partial charge in [0.05, 0.1) is 13.2 Å². The first kappa shape index (κ1) is 19.7. The Morgan fingerprint density at radius 1 is 0.880 bits per heavy atom. The van der Waals surface area contributed by atoms with Crippen molar-refractivity contribution < 1.29 is 49.4 Å². The van der Waals surface area contributed by atoms with Crippen molar-refractivity contribution >= 4 is 0 Å². The van der Waals surface area contributed by atoms with Gasteiger partial charge in [-0.15, -0.1) is 0 Å². The van der Waals surface area contributed by atoms with Gasteiger partial charge in [0.1, 0.15) is 5.75 Å². The van der Waals surface area contributed by atoms with Crippen LogP contribution in [0.2, 0.25) is 0 Å². The fraction of sp³-hybridized carbons (Fsp3) is 0.571. The van der Waals surface area contributed by atoms with E-state index in [1.54, 1.807) is 0 Å². The first-order valence-electron chi connectivity index (χ1n) is 6.69. The molecule has 0 aromatic heterocycles. The SMILES string of the molecule is COc1cccc(C(O)CC2(F)C(F)(F)C(F)(F)C(F)(F)C2(F)F)c1. The topological polar surface area (TPSA) is 29.5 Å². The fourth-order valence-corrected chi connectivity index (χ4v) is 2.58. The lowest BCUT2D eigenvalue weighted by molar-refractivity contribution is -0.303. The Labute approximate surface area is 135 Å². The van der Waals surface area contributed by atoms with E-state index in [0.717, 1.165) is 25.3 Å². The van der Waals surface area contributed by atoms with Crippen LogP contribution in [0.1, 0.15) is 18.1 Å². The standard InChI is InChI=1S/C14H11F9O2/c1-25-8-4-2-3-7(5-8)9(24)6-10(15)11(16,17)13(20,21)14(22,23)12(10,18)19/h2-5,9,24H,6H2,1H3. The van der Waals surface area contributed by atoms with Crippen LogP contribution >= 0.6 is 0 Å². The van der Waals surface area contributed by atoms with Gasteiger partial charge in [-0.1, -0.05) is 12.1 Å². The molecule has 1 saturated carbocycles. The van der Waals surface area contributed by atoms with Crippen molar-refractivity contribution in [3.63, 3.8) is 0 Å². The smallest absolute Gasteiger partial charge is 0.381 e. The Bertz CT molecular complexity index is 633. The zero-order valence-electron chi connectivity index (χ0n) is 12.4. The molecule has 1 unspecified atom stereocenters. The molecule has 0 amide bonds. The van der Waals surface area contributed by atoms with E-state index in [9.17, 15) is 44.6 Å². The second-order valence-corrected chi connectivity index (χ2v) is 5.60. The molecule has 1 N–H and O–H groups in total. The lowest BCUT2D eigenvalue weighted by Crippen LogP contribution is -2.55. The van der Waals surface area contributed by atoms with Crippen molar-refractivity contribution in [2.75, 3.05) is 7.11 Å². The highest BCUT2D eigenvalue weighted by Crippen LogP contribution is 2.70. The van der Waals surface area contributed by atoms with Gasteiger partial charge in [0.25, 0.3) is 5.67 Å². The fourth-order valence-electron chi connectivity index (χ4n) is 2.58. The van der Waals surface area contributed by atoms with Crippen LogP contribution in [0.5, 0.6) is 5.75 Å². The van der Waals surface area contributed by atoms with Crippen molar-refractivity contribution in [2.45, 2.75) is 41.9 Å². The van der Waals surface area contributed by atoms with E-state index in [1.807, 2.05) is 0 Å². The molecule has 0 radical (unpaired) electrons. The molecule has 1 aromatic rings. The first-order valence-corrected chi connectivity index (χ1v) is 6.69. The molecule has 11 heteroatoms. The maximum Gasteiger partial charge on any atom is 0.381 e. The molecule has 1 atom stereocenters. The second kappa shape index (κ2) is 5.42. The molecular weight excluding hydrogens is 371 g/mol. The zero-order chi connectivity index (χ0) is 19.5. The molecule has 2 rings (SSSR count). The average molecular weight is 382 g/mol. The maximum atomic E-state index is 14.3. The number of hydrogen-bond donors (Lipinski definition) is 1. The molecule has 1 aromatic carbocycles. The van der Waals surface area contributed by atoms with Gasteiger partial charge in [0.2, 0.25) is 0 Å². The molecule has 1 aliphatic rings. The number of hydrogen-bond acceptors (Lipinski definition) is 2. The van der Waals surface area contributed by atoms with E-state index < -0.39 is 47.4 Å². The Morgan fingerprint density at radius 2 is 1.36 bits per heavy atom. The molecule has 0 spiro atoms. The largest absolute Gasteiger partial charge is 0.497 e. The molecule has 0 saturated heterocycles. The number of methoxy groups -OCH3 is 1. The van der Waals surface area contributed by atoms with Gasteiger partial charge in [-0.3, -0.25) is 0 Å². The van der Waals surface area contributed by atoms with Crippen LogP contribution < -0.4 is 4.74 Å². The Balaban J connectivity index is 2.49. The van der Waals surface area contributed by atoms with Crippen LogP contribution in [0.4, 0.5) is 39.5 Å². The highest BCUT2D eigenvalue weighted by atomic mass is 19.4. The number of ether oxygens (including phenoxy) is 1. The van der Waals surface area contributed by atoms with Gasteiger partial charge in [-0.2, -0.15) is 35.1 Å². The predicted molar refractivity (Wildman–Crippen MR) is 66.2 cm³/mol. The van der Waals surface area contributed by atoms with E-state index in [4.69, 9.17) is 4.74 Å². The van der Waals surface area contributed by atoms with E-state index in [2.05, 4.69) is 0 Å². The number of aliphatic hydroxyl groups is 1. The molecule has 2 nitrogen and oxygen atoms in total. The van der Waals surface area contributed by atoms with Gasteiger partial charge in [-0.05, 0) is 17.7 Å². The van der Waals surface area contributed by atoms with Crippen LogP contribution in [0.3, 0.4) is 0 Å². The summed E-state index contributed by atoms with van der Waals surface area (Å²) in [5.74, 6) is -26.1. The van der Waals surface area contributed by atoms with Gasteiger partial charge >= 0.3 is 23.7 Å². The van der Waals surface area contributed by atoms with Crippen molar-refractivity contribution in [1.82, 2.24) is 0 Å². The maximum absolute atomic E-state index is 14.3. The van der Waals surface area contributed by atoms with E-state index in [0.29, 0.717) is 0 Å². The average Bonchev–Trinajstić information content (AvgIpc) is 2.57. The van der Waals surface area contributed by atoms with Crippen molar-refractivity contribution in [2.24, 2.45) is 0 Å². The number of alkyl halides is 9. The monoisotopic (exact) mass is 382 g/mol. The van der Waals surface area contributed by atoms with Crippen molar-refractivity contribution in [3.8, 4) is 5.75 Å². The molecule has 0 aliphatic heterocycles. The summed E-state index contributed by atoms with van der Waals surface area (Å²) in [5, 5.41) is 9.72. The lowest BCUT2D eigenvalue weighted by Gasteiger charge is -2.32. The third-order valence-electron chi connectivity index (χ3n) is 4.13. The normalized spacial score (nSPS) is 26.2. The molecule has 142 valence electrons. The number of benzene rings is 1. The Kier molecular flexibility index (Phi) is 4.27. The summed E-state index contributed by atoms with van der Waals surface area (Å²) >= 11 is 0. The molecule has 1 aliphatic carbocycles. The minimum Gasteiger partial charge on any atom is -0.497 e. The van der Waals surface area contributed by atoms with Gasteiger partial charge in [0, 0.05) is 6.42 Å². The summed E-state index contributed by atoms with van der Waals surface area (Å²) in [5.41, 5.74) is -6.14. The van der Waals surface area contributed by atoms with Crippen molar-refractivity contribution in [1.29, 1.82) is 0 Å². The zero-order valence-corrected chi connectivity index (χ0v) is 12.4. The second-order valence-electron chi connectivity index (χ2n) is 5.60. The summed E-state index contributed by atoms with van der Waals surface area (Å²) < 4.78 is 126. The first-order chi connectivity index (χ1) is 11.2. The van der Waals surface area contributed by atoms with Crippen LogP contribution in [-0.2, 0) is 0 Å². The van der Waals surface area contributed by atoms with Gasteiger partial charge < -0.3 is 9.84 Å². The molecule has 1 fully saturated rings. The summed E-state index contributed by atoms with van der Waals surface area (Å²) in [6, 6.07) is 4.35. The lowest BCUT2D eigenvalue weighted by atomic mass is 9.88. The van der Waals surface area contributed by atoms with Gasteiger partial charge in [-0.25, -0.2) is 4.39 Å². The van der Waals surface area contributed by atoms with Crippen LogP contribution in [0.25, 0.3) is 0 Å². The van der Waals surface area contributed by atoms with E-state index >= 15 is 0 Å². The highest BCUT2D eigenvalue weighted by Gasteiger charge is 3.00. The van der Waals surface area contributed by atoms with E-state index in [-0.39, 0.29) is 5.75 Å². The van der Waals surface area contributed by atoms with E-state index in [1.165, 1.54) is 6.07 Å². The van der Waals surface area contributed by atoms with Crippen molar-refractivity contribution in [3.05, 3.63) is 29.8 Å². The third kappa shape index (κ3) is 2.24. The predicted octanol–water partition coefficient (Wildman–Crippen LogP) is 4.38. The number of halogens is 9. The molecular formula is C14H11F9O2. The Hall–Kier alpha value is -1.65. The van der Waals surface area contributed by atoms with Crippen LogP contribution in [0.15, 0.2) is 24.3 Å². The molecule has 0 bridgehead atoms. The Morgan fingerprint density at radius 3 is 1.80 bits per heavy atom. The minimum atomic E-state index is -6.65. The third-order valence-corrected chi connectivity index (χ3v) is 4.13. The molecule has 0 heterocycles.